The quantitative estimate of drug-likeness (QED) is 0.437. The summed E-state index contributed by atoms with van der Waals surface area (Å²) in [7, 11) is 0. The van der Waals surface area contributed by atoms with Crippen LogP contribution in [-0.4, -0.2) is 40.0 Å². The standard InChI is InChI=1S/C7H8O7/c1-3(8)6(7(12)13)14-5(11)2-4(9)10/h6H,2H2,1H3,(H,9,10)(H,12,13). The number of ether oxygens (including phenoxy) is 1. The highest BCUT2D eigenvalue weighted by atomic mass is 16.6. The summed E-state index contributed by atoms with van der Waals surface area (Å²) in [5.41, 5.74) is 0. The molecule has 0 aliphatic carbocycles. The number of Topliss-reactive ketones (excluding diaryl/α,β-unsaturated/α-hetero) is 1. The van der Waals surface area contributed by atoms with Crippen LogP contribution in [0.3, 0.4) is 0 Å². The van der Waals surface area contributed by atoms with E-state index in [0.717, 1.165) is 6.92 Å². The Morgan fingerprint density at radius 1 is 1.21 bits per heavy atom. The number of carbonyl (C=O) groups is 4. The van der Waals surface area contributed by atoms with Crippen molar-refractivity contribution < 1.29 is 34.1 Å². The Kier molecular flexibility index (Phi) is 4.27. The van der Waals surface area contributed by atoms with Gasteiger partial charge in [-0.1, -0.05) is 0 Å². The molecule has 0 saturated heterocycles. The summed E-state index contributed by atoms with van der Waals surface area (Å²) in [5.74, 6) is -5.23. The van der Waals surface area contributed by atoms with E-state index in [2.05, 4.69) is 4.74 Å². The number of esters is 1. The van der Waals surface area contributed by atoms with Crippen LogP contribution in [0.15, 0.2) is 0 Å². The van der Waals surface area contributed by atoms with Gasteiger partial charge in [0.25, 0.3) is 6.10 Å². The molecule has 0 aromatic carbocycles. The Morgan fingerprint density at radius 2 is 1.71 bits per heavy atom. The predicted octanol–water partition coefficient (Wildman–Crippen LogP) is -0.954. The van der Waals surface area contributed by atoms with Gasteiger partial charge in [0.15, 0.2) is 5.78 Å². The number of hydrogen-bond acceptors (Lipinski definition) is 5. The second kappa shape index (κ2) is 4.95. The van der Waals surface area contributed by atoms with E-state index in [0.29, 0.717) is 0 Å². The lowest BCUT2D eigenvalue weighted by molar-refractivity contribution is -0.169. The van der Waals surface area contributed by atoms with Gasteiger partial charge >= 0.3 is 17.9 Å². The van der Waals surface area contributed by atoms with Crippen molar-refractivity contribution in [2.24, 2.45) is 0 Å². The van der Waals surface area contributed by atoms with Crippen LogP contribution >= 0.6 is 0 Å². The number of rotatable bonds is 5. The van der Waals surface area contributed by atoms with Crippen molar-refractivity contribution >= 4 is 23.7 Å². The average Bonchev–Trinajstić information content (AvgIpc) is 1.97. The van der Waals surface area contributed by atoms with Crippen molar-refractivity contribution in [1.82, 2.24) is 0 Å². The van der Waals surface area contributed by atoms with Gasteiger partial charge in [-0.2, -0.15) is 0 Å². The van der Waals surface area contributed by atoms with E-state index in [1.165, 1.54) is 0 Å². The van der Waals surface area contributed by atoms with Crippen LogP contribution in [0.2, 0.25) is 0 Å². The van der Waals surface area contributed by atoms with Gasteiger partial charge in [-0.05, 0) is 6.92 Å². The van der Waals surface area contributed by atoms with Gasteiger partial charge in [-0.15, -0.1) is 0 Å². The van der Waals surface area contributed by atoms with Crippen LogP contribution in [-0.2, 0) is 23.9 Å². The highest BCUT2D eigenvalue weighted by Crippen LogP contribution is 1.97. The first-order valence-electron chi connectivity index (χ1n) is 3.49. The van der Waals surface area contributed by atoms with Crippen molar-refractivity contribution in [3.8, 4) is 0 Å². The number of carbonyl (C=O) groups excluding carboxylic acids is 2. The molecule has 0 aromatic heterocycles. The Hall–Kier alpha value is -1.92. The lowest BCUT2D eigenvalue weighted by atomic mass is 10.2. The molecule has 0 saturated carbocycles. The van der Waals surface area contributed by atoms with E-state index in [1.54, 1.807) is 0 Å². The van der Waals surface area contributed by atoms with E-state index in [9.17, 15) is 19.2 Å². The van der Waals surface area contributed by atoms with Gasteiger partial charge in [0.05, 0.1) is 0 Å². The Morgan fingerprint density at radius 3 is 2.00 bits per heavy atom. The Labute approximate surface area is 78.3 Å². The Balaban J connectivity index is 4.31. The normalized spacial score (nSPS) is 11.5. The molecule has 0 radical (unpaired) electrons. The van der Waals surface area contributed by atoms with Crippen molar-refractivity contribution in [3.63, 3.8) is 0 Å². The third-order valence-electron chi connectivity index (χ3n) is 1.14. The van der Waals surface area contributed by atoms with E-state index in [-0.39, 0.29) is 0 Å². The highest BCUT2D eigenvalue weighted by Gasteiger charge is 2.27. The molecule has 0 fully saturated rings. The minimum Gasteiger partial charge on any atom is -0.481 e. The summed E-state index contributed by atoms with van der Waals surface area (Å²) >= 11 is 0. The first-order valence-corrected chi connectivity index (χ1v) is 3.49. The van der Waals surface area contributed by atoms with E-state index < -0.39 is 36.2 Å². The monoisotopic (exact) mass is 204 g/mol. The van der Waals surface area contributed by atoms with E-state index in [4.69, 9.17) is 10.2 Å². The molecule has 78 valence electrons. The topological polar surface area (TPSA) is 118 Å². The first-order chi connectivity index (χ1) is 6.34. The SMILES string of the molecule is CC(=O)C(OC(=O)CC(=O)O)C(=O)O. The maximum absolute atomic E-state index is 10.7. The maximum Gasteiger partial charge on any atom is 0.352 e. The van der Waals surface area contributed by atoms with Crippen molar-refractivity contribution in [1.29, 1.82) is 0 Å². The minimum atomic E-state index is -1.93. The zero-order valence-electron chi connectivity index (χ0n) is 7.22. The Bertz CT molecular complexity index is 266. The average molecular weight is 204 g/mol. The molecule has 1 atom stereocenters. The smallest absolute Gasteiger partial charge is 0.352 e. The second-order valence-corrected chi connectivity index (χ2v) is 2.39. The van der Waals surface area contributed by atoms with Gasteiger partial charge in [0.2, 0.25) is 0 Å². The lowest BCUT2D eigenvalue weighted by Gasteiger charge is -2.08. The maximum atomic E-state index is 10.7. The summed E-state index contributed by atoms with van der Waals surface area (Å²) in [5, 5.41) is 16.5. The molecule has 0 spiro atoms. The van der Waals surface area contributed by atoms with Gasteiger partial charge in [-0.3, -0.25) is 14.4 Å². The number of carboxylic acid groups (broad SMARTS) is 2. The molecule has 0 aromatic rings. The molecular formula is C7H8O7. The zero-order valence-corrected chi connectivity index (χ0v) is 7.22. The molecule has 0 amide bonds. The summed E-state index contributed by atoms with van der Waals surface area (Å²) in [6.07, 6.45) is -2.90. The molecule has 0 aliphatic heterocycles. The van der Waals surface area contributed by atoms with Gasteiger partial charge in [0.1, 0.15) is 6.42 Å². The summed E-state index contributed by atoms with van der Waals surface area (Å²) < 4.78 is 4.12. The van der Waals surface area contributed by atoms with Gasteiger partial charge < -0.3 is 14.9 Å². The molecule has 0 rings (SSSR count). The highest BCUT2D eigenvalue weighted by molar-refractivity contribution is 6.02. The van der Waals surface area contributed by atoms with Crippen LogP contribution < -0.4 is 0 Å². The van der Waals surface area contributed by atoms with Crippen LogP contribution in [0.1, 0.15) is 13.3 Å². The molecule has 0 bridgehead atoms. The molecule has 7 nitrogen and oxygen atoms in total. The summed E-state index contributed by atoms with van der Waals surface area (Å²) in [6.45, 7) is 0.923. The molecule has 1 unspecified atom stereocenters. The van der Waals surface area contributed by atoms with Crippen LogP contribution in [0.5, 0.6) is 0 Å². The van der Waals surface area contributed by atoms with Crippen molar-refractivity contribution in [2.45, 2.75) is 19.4 Å². The largest absolute Gasteiger partial charge is 0.481 e. The molecular weight excluding hydrogens is 196 g/mol. The first kappa shape index (κ1) is 12.1. The molecule has 0 heterocycles. The summed E-state index contributed by atoms with van der Waals surface area (Å²) in [6, 6.07) is 0. The van der Waals surface area contributed by atoms with E-state index >= 15 is 0 Å². The van der Waals surface area contributed by atoms with Crippen LogP contribution in [0, 0.1) is 0 Å². The second-order valence-electron chi connectivity index (χ2n) is 2.39. The van der Waals surface area contributed by atoms with Crippen LogP contribution in [0.4, 0.5) is 0 Å². The lowest BCUT2D eigenvalue weighted by Crippen LogP contribution is -2.33. The third kappa shape index (κ3) is 4.19. The van der Waals surface area contributed by atoms with Crippen molar-refractivity contribution in [2.75, 3.05) is 0 Å². The number of hydrogen-bond donors (Lipinski definition) is 2. The van der Waals surface area contributed by atoms with E-state index in [1.807, 2.05) is 0 Å². The summed E-state index contributed by atoms with van der Waals surface area (Å²) in [4.78, 5) is 41.6. The zero-order chi connectivity index (χ0) is 11.3. The van der Waals surface area contributed by atoms with Gasteiger partial charge in [-0.25, -0.2) is 4.79 Å². The minimum absolute atomic E-state index is 0.878. The molecule has 2 N–H and O–H groups in total. The molecule has 14 heavy (non-hydrogen) atoms. The van der Waals surface area contributed by atoms with Crippen LogP contribution in [0.25, 0.3) is 0 Å². The molecule has 7 heteroatoms. The predicted molar refractivity (Wildman–Crippen MR) is 40.4 cm³/mol. The number of aliphatic carboxylic acids is 2. The fourth-order valence-electron chi connectivity index (χ4n) is 0.604. The van der Waals surface area contributed by atoms with Crippen molar-refractivity contribution in [3.05, 3.63) is 0 Å². The number of carboxylic acids is 2. The number of ketones is 1. The molecule has 0 aliphatic rings. The van der Waals surface area contributed by atoms with Gasteiger partial charge in [0, 0.05) is 0 Å². The fraction of sp³-hybridized carbons (Fsp3) is 0.429. The fourth-order valence-corrected chi connectivity index (χ4v) is 0.604. The third-order valence-corrected chi connectivity index (χ3v) is 1.14.